The van der Waals surface area contributed by atoms with Gasteiger partial charge in [-0.15, -0.1) is 0 Å². The lowest BCUT2D eigenvalue weighted by molar-refractivity contribution is -0.122. The maximum atomic E-state index is 13.4. The number of aromatic nitrogens is 2. The molecule has 2 saturated heterocycles. The van der Waals surface area contributed by atoms with E-state index in [4.69, 9.17) is 32.5 Å². The van der Waals surface area contributed by atoms with Gasteiger partial charge in [-0.1, -0.05) is 60.4 Å². The maximum Gasteiger partial charge on any atom is 0.335 e. The quantitative estimate of drug-likeness (QED) is 0.161. The van der Waals surface area contributed by atoms with E-state index in [1.807, 2.05) is 48.5 Å². The lowest BCUT2D eigenvalue weighted by Crippen LogP contribution is -2.38. The smallest absolute Gasteiger partial charge is 0.335 e. The highest BCUT2D eigenvalue weighted by Crippen LogP contribution is 2.37. The van der Waals surface area contributed by atoms with Gasteiger partial charge in [0.1, 0.15) is 22.5 Å². The molecule has 0 aliphatic carbocycles. The number of benzene rings is 3. The summed E-state index contributed by atoms with van der Waals surface area (Å²) < 4.78 is 12.3. The van der Waals surface area contributed by atoms with Crippen LogP contribution in [0.4, 0.5) is 5.82 Å². The first-order valence-electron chi connectivity index (χ1n) is 15.2. The summed E-state index contributed by atoms with van der Waals surface area (Å²) in [7, 11) is 0. The number of anilines is 1. The highest BCUT2D eigenvalue weighted by Gasteiger charge is 2.31. The van der Waals surface area contributed by atoms with Gasteiger partial charge >= 0.3 is 5.97 Å². The van der Waals surface area contributed by atoms with Crippen molar-refractivity contribution in [3.8, 4) is 28.3 Å². The summed E-state index contributed by atoms with van der Waals surface area (Å²) in [5.41, 5.74) is 10.5. The third kappa shape index (κ3) is 8.03. The van der Waals surface area contributed by atoms with Crippen molar-refractivity contribution >= 4 is 52.1 Å². The van der Waals surface area contributed by atoms with Crippen molar-refractivity contribution in [1.29, 1.82) is 0 Å². The third-order valence-electron chi connectivity index (χ3n) is 7.88. The third-order valence-corrected chi connectivity index (χ3v) is 9.26. The molecule has 3 N–H and O–H groups in total. The number of amides is 1. The number of nitrogen functional groups attached to an aromatic ring is 1. The first-order chi connectivity index (χ1) is 22.8. The number of nitrogens with two attached hydrogens (primary N) is 1. The van der Waals surface area contributed by atoms with Gasteiger partial charge in [-0.2, -0.15) is 0 Å². The molecule has 3 heterocycles. The summed E-state index contributed by atoms with van der Waals surface area (Å²) >= 11 is 6.84. The van der Waals surface area contributed by atoms with Gasteiger partial charge in [-0.3, -0.25) is 14.6 Å². The van der Waals surface area contributed by atoms with E-state index < -0.39 is 5.97 Å². The highest BCUT2D eigenvalue weighted by atomic mass is 32.2. The Morgan fingerprint density at radius 3 is 2.60 bits per heavy atom. The van der Waals surface area contributed by atoms with Crippen molar-refractivity contribution in [3.05, 3.63) is 101 Å². The van der Waals surface area contributed by atoms with Crippen molar-refractivity contribution in [2.45, 2.75) is 6.42 Å². The average molecular weight is 668 g/mol. The summed E-state index contributed by atoms with van der Waals surface area (Å²) in [5.74, 6) is 0.512. The van der Waals surface area contributed by atoms with Gasteiger partial charge in [0, 0.05) is 43.5 Å². The second kappa shape index (κ2) is 14.9. The van der Waals surface area contributed by atoms with Gasteiger partial charge in [-0.25, -0.2) is 14.8 Å². The van der Waals surface area contributed by atoms with Crippen LogP contribution in [0.25, 0.3) is 28.6 Å². The van der Waals surface area contributed by atoms with Crippen LogP contribution in [-0.4, -0.2) is 87.1 Å². The molecule has 1 aromatic heterocycles. The van der Waals surface area contributed by atoms with Crippen LogP contribution in [-0.2, 0) is 16.0 Å². The first kappa shape index (κ1) is 32.3. The van der Waals surface area contributed by atoms with E-state index in [2.05, 4.69) is 14.9 Å². The molecule has 0 bridgehead atoms. The molecule has 2 aliphatic heterocycles. The van der Waals surface area contributed by atoms with Crippen LogP contribution in [0.1, 0.15) is 21.5 Å². The van der Waals surface area contributed by atoms with Gasteiger partial charge in [-0.05, 0) is 65.6 Å². The van der Waals surface area contributed by atoms with Crippen LogP contribution in [0.15, 0.2) is 83.9 Å². The molecule has 0 radical (unpaired) electrons. The predicted molar refractivity (Wildman–Crippen MR) is 187 cm³/mol. The maximum absolute atomic E-state index is 13.4. The Bertz CT molecular complexity index is 1830. The van der Waals surface area contributed by atoms with Crippen molar-refractivity contribution in [2.75, 3.05) is 51.7 Å². The Kier molecular flexibility index (Phi) is 10.2. The zero-order valence-electron chi connectivity index (χ0n) is 25.5. The van der Waals surface area contributed by atoms with Crippen LogP contribution in [0.5, 0.6) is 5.75 Å². The fourth-order valence-corrected chi connectivity index (χ4v) is 6.64. The number of aromatic carboxylic acids is 1. The molecule has 0 spiro atoms. The van der Waals surface area contributed by atoms with Crippen LogP contribution < -0.4 is 10.5 Å². The van der Waals surface area contributed by atoms with E-state index in [0.717, 1.165) is 66.4 Å². The van der Waals surface area contributed by atoms with Gasteiger partial charge in [0.2, 0.25) is 0 Å². The topological polar surface area (TPSA) is 131 Å². The lowest BCUT2D eigenvalue weighted by atomic mass is 9.99. The standard InChI is InChI=1S/C35H33N5O5S2/c36-31-10-12-37-32(38-31)27-3-1-2-26(22-27)28-20-24(6-9-29(28)45-19-16-39-14-17-44-18-15-39)21-30-33(41)40(35(46)47-30)13-11-23-4-7-25(8-5-23)34(42)43/h1-10,12,20-22H,11,13-19H2,(H,42,43)(H2,36,37,38)/b30-21-. The molecule has 1 amide bonds. The number of carboxylic acids is 1. The first-order valence-corrected chi connectivity index (χ1v) is 16.4. The molecule has 47 heavy (non-hydrogen) atoms. The van der Waals surface area contributed by atoms with E-state index >= 15 is 0 Å². The van der Waals surface area contributed by atoms with E-state index in [1.165, 1.54) is 11.8 Å². The summed E-state index contributed by atoms with van der Waals surface area (Å²) in [4.78, 5) is 37.8. The number of thiocarbonyl (C=S) groups is 1. The molecule has 6 rings (SSSR count). The molecule has 0 atom stereocenters. The number of thioether (sulfide) groups is 1. The minimum absolute atomic E-state index is 0.157. The summed E-state index contributed by atoms with van der Waals surface area (Å²) in [6.07, 6.45) is 4.04. The van der Waals surface area contributed by atoms with Crippen molar-refractivity contribution in [2.24, 2.45) is 0 Å². The zero-order valence-corrected chi connectivity index (χ0v) is 27.1. The van der Waals surface area contributed by atoms with E-state index in [9.17, 15) is 9.59 Å². The van der Waals surface area contributed by atoms with Crippen LogP contribution in [0.2, 0.25) is 0 Å². The van der Waals surface area contributed by atoms with Crippen molar-refractivity contribution < 1.29 is 24.2 Å². The number of rotatable bonds is 11. The van der Waals surface area contributed by atoms with E-state index in [1.54, 1.807) is 41.4 Å². The predicted octanol–water partition coefficient (Wildman–Crippen LogP) is 5.25. The monoisotopic (exact) mass is 667 g/mol. The molecule has 2 fully saturated rings. The summed E-state index contributed by atoms with van der Waals surface area (Å²) in [6.45, 7) is 4.92. The molecule has 0 unspecified atom stereocenters. The fraction of sp³-hybridized carbons (Fsp3) is 0.229. The average Bonchev–Trinajstić information content (AvgIpc) is 3.35. The highest BCUT2D eigenvalue weighted by molar-refractivity contribution is 8.26. The van der Waals surface area contributed by atoms with Gasteiger partial charge in [0.25, 0.3) is 5.91 Å². The Balaban J connectivity index is 1.24. The normalized spacial score (nSPS) is 16.2. The Morgan fingerprint density at radius 1 is 1.04 bits per heavy atom. The minimum Gasteiger partial charge on any atom is -0.492 e. The van der Waals surface area contributed by atoms with Crippen LogP contribution in [0.3, 0.4) is 0 Å². The molecule has 4 aromatic rings. The van der Waals surface area contributed by atoms with Gasteiger partial charge < -0.3 is 20.3 Å². The summed E-state index contributed by atoms with van der Waals surface area (Å²) in [5, 5.41) is 9.15. The van der Waals surface area contributed by atoms with Crippen LogP contribution >= 0.6 is 24.0 Å². The molecular formula is C35H33N5O5S2. The molecule has 240 valence electrons. The van der Waals surface area contributed by atoms with Gasteiger partial charge in [0.05, 0.1) is 23.7 Å². The Labute approximate surface area is 282 Å². The second-order valence-electron chi connectivity index (χ2n) is 11.0. The molecule has 10 nitrogen and oxygen atoms in total. The van der Waals surface area contributed by atoms with Gasteiger partial charge in [0.15, 0.2) is 5.82 Å². The SMILES string of the molecule is Nc1ccnc(-c2cccc(-c3cc(/C=C4\SC(=S)N(CCc5ccc(C(=O)O)cc5)C4=O)ccc3OCCN3CCOCC3)c2)n1. The Hall–Kier alpha value is -4.62. The molecule has 2 aliphatic rings. The molecule has 3 aromatic carbocycles. The van der Waals surface area contributed by atoms with Crippen LogP contribution in [0, 0.1) is 0 Å². The second-order valence-corrected chi connectivity index (χ2v) is 12.7. The summed E-state index contributed by atoms with van der Waals surface area (Å²) in [6, 6.07) is 22.1. The number of ether oxygens (including phenoxy) is 2. The van der Waals surface area contributed by atoms with E-state index in [-0.39, 0.29) is 11.5 Å². The minimum atomic E-state index is -0.975. The van der Waals surface area contributed by atoms with Crippen molar-refractivity contribution in [3.63, 3.8) is 0 Å². The lowest BCUT2D eigenvalue weighted by Gasteiger charge is -2.26. The number of nitrogens with zero attached hydrogens (tertiary/aromatic N) is 4. The van der Waals surface area contributed by atoms with Crippen molar-refractivity contribution in [1.82, 2.24) is 19.8 Å². The number of carbonyl (C=O) groups excluding carboxylic acids is 1. The molecule has 12 heteroatoms. The number of morpholine rings is 1. The number of carboxylic acid groups (broad SMARTS) is 1. The number of carbonyl (C=O) groups is 2. The molecular weight excluding hydrogens is 635 g/mol. The fourth-order valence-electron chi connectivity index (χ4n) is 5.33. The Morgan fingerprint density at radius 2 is 1.83 bits per heavy atom. The largest absolute Gasteiger partial charge is 0.492 e. The van der Waals surface area contributed by atoms with E-state index in [0.29, 0.717) is 40.4 Å². The number of hydrogen-bond acceptors (Lipinski definition) is 10. The molecule has 0 saturated carbocycles. The number of hydrogen-bond donors (Lipinski definition) is 2. The zero-order chi connectivity index (χ0) is 32.8.